The van der Waals surface area contributed by atoms with Crippen molar-refractivity contribution >= 4 is 35.2 Å². The zero-order valence-corrected chi connectivity index (χ0v) is 20.6. The Hall–Kier alpha value is -2.83. The van der Waals surface area contributed by atoms with Crippen LogP contribution < -0.4 is 5.32 Å². The molecule has 1 unspecified atom stereocenters. The van der Waals surface area contributed by atoms with E-state index in [0.717, 1.165) is 16.7 Å². The van der Waals surface area contributed by atoms with Crippen molar-refractivity contribution in [2.24, 2.45) is 0 Å². The molecule has 0 fully saturated rings. The topological polar surface area (TPSA) is 49.4 Å². The summed E-state index contributed by atoms with van der Waals surface area (Å²) in [6.07, 6.45) is 0.411. The van der Waals surface area contributed by atoms with E-state index in [9.17, 15) is 14.0 Å². The van der Waals surface area contributed by atoms with E-state index in [2.05, 4.69) is 5.32 Å². The number of carbonyl (C=O) groups excluding carboxylic acids is 2. The van der Waals surface area contributed by atoms with Crippen molar-refractivity contribution < 1.29 is 14.0 Å². The Kier molecular flexibility index (Phi) is 9.98. The summed E-state index contributed by atoms with van der Waals surface area (Å²) >= 11 is 7.48. The molecule has 3 rings (SSSR count). The molecular weight excluding hydrogens is 471 g/mol. The molecule has 1 atom stereocenters. The van der Waals surface area contributed by atoms with Crippen LogP contribution in [0.1, 0.15) is 23.6 Å². The van der Waals surface area contributed by atoms with Crippen LogP contribution in [0.4, 0.5) is 4.39 Å². The van der Waals surface area contributed by atoms with Gasteiger partial charge in [0.05, 0.1) is 5.75 Å². The van der Waals surface area contributed by atoms with Crippen molar-refractivity contribution in [2.75, 3.05) is 12.3 Å². The summed E-state index contributed by atoms with van der Waals surface area (Å²) in [6, 6.07) is 22.6. The second kappa shape index (κ2) is 13.2. The van der Waals surface area contributed by atoms with E-state index in [1.54, 1.807) is 29.2 Å². The van der Waals surface area contributed by atoms with Crippen molar-refractivity contribution in [2.45, 2.75) is 31.7 Å². The van der Waals surface area contributed by atoms with Gasteiger partial charge in [0.25, 0.3) is 0 Å². The van der Waals surface area contributed by atoms with Crippen molar-refractivity contribution in [1.29, 1.82) is 0 Å². The van der Waals surface area contributed by atoms with E-state index < -0.39 is 6.04 Å². The smallest absolute Gasteiger partial charge is 0.243 e. The third-order valence-corrected chi connectivity index (χ3v) is 6.54. The van der Waals surface area contributed by atoms with Gasteiger partial charge in [0.1, 0.15) is 11.9 Å². The van der Waals surface area contributed by atoms with Gasteiger partial charge >= 0.3 is 0 Å². The summed E-state index contributed by atoms with van der Waals surface area (Å²) in [4.78, 5) is 28.2. The minimum atomic E-state index is -0.656. The molecule has 2 amide bonds. The Bertz CT molecular complexity index is 1060. The van der Waals surface area contributed by atoms with Crippen LogP contribution in [0.15, 0.2) is 78.9 Å². The highest BCUT2D eigenvalue weighted by atomic mass is 35.5. The van der Waals surface area contributed by atoms with Crippen molar-refractivity contribution in [1.82, 2.24) is 10.2 Å². The van der Waals surface area contributed by atoms with Gasteiger partial charge in [0.15, 0.2) is 0 Å². The molecular formula is C27H28ClFN2O2S. The number of thioether (sulfide) groups is 1. The maximum absolute atomic E-state index is 13.4. The van der Waals surface area contributed by atoms with E-state index in [1.165, 1.54) is 23.9 Å². The Balaban J connectivity index is 1.81. The summed E-state index contributed by atoms with van der Waals surface area (Å²) < 4.78 is 13.2. The third-order valence-electron chi connectivity index (χ3n) is 5.30. The molecule has 0 saturated carbocycles. The van der Waals surface area contributed by atoms with Gasteiger partial charge in [-0.2, -0.15) is 0 Å². The number of hydrogen-bond acceptors (Lipinski definition) is 3. The number of hydrogen-bond donors (Lipinski definition) is 1. The Labute approximate surface area is 209 Å². The third kappa shape index (κ3) is 7.89. The minimum Gasteiger partial charge on any atom is -0.355 e. The summed E-state index contributed by atoms with van der Waals surface area (Å²) in [5, 5.41) is 3.50. The number of halogens is 2. The molecule has 0 bridgehead atoms. The Morgan fingerprint density at radius 1 is 0.941 bits per heavy atom. The van der Waals surface area contributed by atoms with Crippen LogP contribution >= 0.6 is 23.4 Å². The fourth-order valence-corrected chi connectivity index (χ4v) is 4.55. The van der Waals surface area contributed by atoms with Gasteiger partial charge in [0, 0.05) is 30.3 Å². The Morgan fingerprint density at radius 2 is 1.59 bits per heavy atom. The normalized spacial score (nSPS) is 11.6. The molecule has 0 saturated heterocycles. The van der Waals surface area contributed by atoms with E-state index in [0.29, 0.717) is 30.3 Å². The number of benzene rings is 3. The largest absolute Gasteiger partial charge is 0.355 e. The van der Waals surface area contributed by atoms with Crippen molar-refractivity contribution in [3.63, 3.8) is 0 Å². The molecule has 4 nitrogen and oxygen atoms in total. The second-order valence-electron chi connectivity index (χ2n) is 7.87. The monoisotopic (exact) mass is 498 g/mol. The van der Waals surface area contributed by atoms with Crippen molar-refractivity contribution in [3.8, 4) is 0 Å². The first kappa shape index (κ1) is 25.8. The first-order chi connectivity index (χ1) is 16.5. The van der Waals surface area contributed by atoms with Gasteiger partial charge in [-0.1, -0.05) is 66.2 Å². The molecule has 1 N–H and O–H groups in total. The van der Waals surface area contributed by atoms with Crippen LogP contribution in [0.5, 0.6) is 0 Å². The van der Waals surface area contributed by atoms with Crippen LogP contribution in [-0.2, 0) is 28.3 Å². The Morgan fingerprint density at radius 3 is 2.24 bits per heavy atom. The summed E-state index contributed by atoms with van der Waals surface area (Å²) in [6.45, 7) is 2.63. The van der Waals surface area contributed by atoms with E-state index in [1.807, 2.05) is 49.4 Å². The van der Waals surface area contributed by atoms with Crippen LogP contribution in [0.2, 0.25) is 5.02 Å². The van der Waals surface area contributed by atoms with Crippen LogP contribution in [0.25, 0.3) is 0 Å². The van der Waals surface area contributed by atoms with Crippen LogP contribution in [0, 0.1) is 5.82 Å². The van der Waals surface area contributed by atoms with Gasteiger partial charge in [-0.15, -0.1) is 11.8 Å². The lowest BCUT2D eigenvalue weighted by molar-refractivity contribution is -0.139. The molecule has 0 heterocycles. The van der Waals surface area contributed by atoms with E-state index >= 15 is 0 Å². The summed E-state index contributed by atoms with van der Waals surface area (Å²) in [5.41, 5.74) is 2.81. The SMILES string of the molecule is CCNC(=O)C(Cc1ccccc1)N(Cc1ccc(Cl)cc1)C(=O)CSCc1ccc(F)cc1. The number of nitrogens with one attached hydrogen (secondary N) is 1. The second-order valence-corrected chi connectivity index (χ2v) is 9.29. The number of amides is 2. The first-order valence-corrected chi connectivity index (χ1v) is 12.7. The maximum Gasteiger partial charge on any atom is 0.243 e. The highest BCUT2D eigenvalue weighted by Crippen LogP contribution is 2.19. The quantitative estimate of drug-likeness (QED) is 0.380. The van der Waals surface area contributed by atoms with Crippen LogP contribution in [0.3, 0.4) is 0 Å². The molecule has 3 aromatic rings. The lowest BCUT2D eigenvalue weighted by Crippen LogP contribution is -2.51. The predicted octanol–water partition coefficient (Wildman–Crippen LogP) is 5.49. The van der Waals surface area contributed by atoms with E-state index in [-0.39, 0.29) is 23.4 Å². The molecule has 0 radical (unpaired) electrons. The minimum absolute atomic E-state index is 0.130. The fraction of sp³-hybridized carbons (Fsp3) is 0.259. The lowest BCUT2D eigenvalue weighted by Gasteiger charge is -2.31. The molecule has 0 aromatic heterocycles. The van der Waals surface area contributed by atoms with Gasteiger partial charge in [-0.05, 0) is 47.9 Å². The van der Waals surface area contributed by atoms with E-state index in [4.69, 9.17) is 11.6 Å². The zero-order chi connectivity index (χ0) is 24.3. The fourth-order valence-electron chi connectivity index (χ4n) is 3.55. The first-order valence-electron chi connectivity index (χ1n) is 11.1. The molecule has 7 heteroatoms. The molecule has 0 aliphatic carbocycles. The highest BCUT2D eigenvalue weighted by molar-refractivity contribution is 7.99. The zero-order valence-electron chi connectivity index (χ0n) is 19.0. The average molecular weight is 499 g/mol. The molecule has 0 aliphatic rings. The number of likely N-dealkylation sites (N-methyl/N-ethyl adjacent to an activating group) is 1. The summed E-state index contributed by atoms with van der Waals surface area (Å²) in [7, 11) is 0. The average Bonchev–Trinajstić information content (AvgIpc) is 2.84. The predicted molar refractivity (Wildman–Crippen MR) is 137 cm³/mol. The van der Waals surface area contributed by atoms with Gasteiger partial charge < -0.3 is 10.2 Å². The molecule has 3 aromatic carbocycles. The van der Waals surface area contributed by atoms with Gasteiger partial charge in [-0.25, -0.2) is 4.39 Å². The van der Waals surface area contributed by atoms with Crippen LogP contribution in [-0.4, -0.2) is 35.1 Å². The molecule has 0 aliphatic heterocycles. The summed E-state index contributed by atoms with van der Waals surface area (Å²) in [5.74, 6) is 0.178. The highest BCUT2D eigenvalue weighted by Gasteiger charge is 2.30. The number of nitrogens with zero attached hydrogens (tertiary/aromatic N) is 1. The van der Waals surface area contributed by atoms with Crippen molar-refractivity contribution in [3.05, 3.63) is 106 Å². The van der Waals surface area contributed by atoms with Gasteiger partial charge in [-0.3, -0.25) is 9.59 Å². The molecule has 178 valence electrons. The lowest BCUT2D eigenvalue weighted by atomic mass is 10.0. The maximum atomic E-state index is 13.4. The standard InChI is InChI=1S/C27H28ClFN2O2S/c1-2-30-27(33)25(16-20-6-4-3-5-7-20)31(17-21-8-12-23(28)13-9-21)26(32)19-34-18-22-10-14-24(29)15-11-22/h3-15,25H,2,16-19H2,1H3,(H,30,33). The number of rotatable bonds is 11. The van der Waals surface area contributed by atoms with Gasteiger partial charge in [0.2, 0.25) is 11.8 Å². The number of carbonyl (C=O) groups is 2. The molecule has 34 heavy (non-hydrogen) atoms. The molecule has 0 spiro atoms.